The first-order valence-electron chi connectivity index (χ1n) is 11.3. The van der Waals surface area contributed by atoms with Gasteiger partial charge in [-0.25, -0.2) is 0 Å². The molecule has 0 aromatic heterocycles. The molecule has 2 aliphatic heterocycles. The molecule has 0 spiro atoms. The first-order valence-corrected chi connectivity index (χ1v) is 11.3. The number of hydrogen-bond acceptors (Lipinski definition) is 8. The third kappa shape index (κ3) is 4.16. The van der Waals surface area contributed by atoms with Gasteiger partial charge in [-0.1, -0.05) is 13.8 Å². The number of phenolic OH excluding ortho intramolecular Hbond substituents is 1. The normalized spacial score (nSPS) is 20.9. The van der Waals surface area contributed by atoms with Crippen molar-refractivity contribution >= 4 is 11.9 Å². The van der Waals surface area contributed by atoms with E-state index < -0.39 is 0 Å². The summed E-state index contributed by atoms with van der Waals surface area (Å²) in [6.45, 7) is 4.00. The molecule has 6 rings (SSSR count). The molecule has 2 heterocycles. The van der Waals surface area contributed by atoms with Crippen LogP contribution in [0.2, 0.25) is 0 Å². The highest BCUT2D eigenvalue weighted by Gasteiger charge is 2.33. The van der Waals surface area contributed by atoms with Crippen molar-refractivity contribution in [2.45, 2.75) is 64.5 Å². The van der Waals surface area contributed by atoms with Gasteiger partial charge in [0.1, 0.15) is 11.5 Å². The fourth-order valence-electron chi connectivity index (χ4n) is 5.06. The molecule has 2 atom stereocenters. The zero-order valence-corrected chi connectivity index (χ0v) is 19.2. The lowest BCUT2D eigenvalue weighted by molar-refractivity contribution is -0.132. The molecule has 33 heavy (non-hydrogen) atoms. The van der Waals surface area contributed by atoms with Crippen LogP contribution in [-0.2, 0) is 48.1 Å². The maximum atomic E-state index is 11.3. The van der Waals surface area contributed by atoms with Gasteiger partial charge in [-0.2, -0.15) is 0 Å². The van der Waals surface area contributed by atoms with Crippen LogP contribution in [-0.4, -0.2) is 36.2 Å². The Bertz CT molecular complexity index is 1130. The molecule has 0 amide bonds. The summed E-state index contributed by atoms with van der Waals surface area (Å²) in [6, 6.07) is 3.70. The molecular formula is C25H30N2O6. The minimum absolute atomic E-state index is 0.0590. The lowest BCUT2D eigenvalue weighted by Crippen LogP contribution is -2.19. The Labute approximate surface area is 192 Å². The first-order chi connectivity index (χ1) is 15.8. The topological polar surface area (TPSA) is 134 Å². The Morgan fingerprint density at radius 3 is 2.18 bits per heavy atom. The smallest absolute Gasteiger partial charge is 0.315 e. The number of aromatic hydroxyl groups is 1. The van der Waals surface area contributed by atoms with Crippen molar-refractivity contribution in [1.29, 1.82) is 0 Å². The van der Waals surface area contributed by atoms with E-state index in [1.807, 2.05) is 13.8 Å². The van der Waals surface area contributed by atoms with E-state index in [-0.39, 0.29) is 36.2 Å². The van der Waals surface area contributed by atoms with E-state index in [1.54, 1.807) is 19.2 Å². The third-order valence-corrected chi connectivity index (χ3v) is 6.34. The summed E-state index contributed by atoms with van der Waals surface area (Å²) in [5, 5.41) is 9.68. The molecule has 8 heteroatoms. The molecule has 0 bridgehead atoms. The number of ether oxygens (including phenoxy) is 3. The van der Waals surface area contributed by atoms with Crippen molar-refractivity contribution < 1.29 is 28.9 Å². The van der Waals surface area contributed by atoms with Crippen molar-refractivity contribution in [3.05, 3.63) is 45.5 Å². The molecule has 0 fully saturated rings. The van der Waals surface area contributed by atoms with Gasteiger partial charge in [0.2, 0.25) is 0 Å². The van der Waals surface area contributed by atoms with Crippen LogP contribution in [0.3, 0.4) is 0 Å². The highest BCUT2D eigenvalue weighted by molar-refractivity contribution is 5.84. The monoisotopic (exact) mass is 454 g/mol. The molecule has 8 nitrogen and oxygen atoms in total. The lowest BCUT2D eigenvalue weighted by atomic mass is 10.0. The van der Waals surface area contributed by atoms with Crippen molar-refractivity contribution in [3.8, 4) is 23.0 Å². The van der Waals surface area contributed by atoms with E-state index in [1.165, 1.54) is 0 Å². The van der Waals surface area contributed by atoms with E-state index >= 15 is 0 Å². The summed E-state index contributed by atoms with van der Waals surface area (Å²) in [5.74, 6) is 1.35. The second-order valence-electron chi connectivity index (χ2n) is 8.49. The molecule has 2 unspecified atom stereocenters. The SMILES string of the molecule is CC.COc1cc2c(c3c1CC(N)C3)CC(=O)O2.NC1Cc2cc(O)c3c(c2C1)CC(=O)O3. The van der Waals surface area contributed by atoms with Crippen LogP contribution in [0.25, 0.3) is 0 Å². The van der Waals surface area contributed by atoms with Gasteiger partial charge in [-0.05, 0) is 54.0 Å². The van der Waals surface area contributed by atoms with Gasteiger partial charge < -0.3 is 30.8 Å². The molecule has 176 valence electrons. The van der Waals surface area contributed by atoms with E-state index in [4.69, 9.17) is 25.7 Å². The summed E-state index contributed by atoms with van der Waals surface area (Å²) >= 11 is 0. The minimum Gasteiger partial charge on any atom is -0.504 e. The molecule has 2 aliphatic carbocycles. The van der Waals surface area contributed by atoms with Crippen LogP contribution in [0, 0.1) is 0 Å². The van der Waals surface area contributed by atoms with Crippen LogP contribution in [0.5, 0.6) is 23.0 Å². The van der Waals surface area contributed by atoms with Crippen molar-refractivity contribution in [3.63, 3.8) is 0 Å². The van der Waals surface area contributed by atoms with Crippen molar-refractivity contribution in [1.82, 2.24) is 0 Å². The average Bonchev–Trinajstić information content (AvgIpc) is 3.53. The quantitative estimate of drug-likeness (QED) is 0.439. The number of fused-ring (bicyclic) bond motifs is 6. The molecule has 2 aromatic carbocycles. The van der Waals surface area contributed by atoms with Crippen LogP contribution in [0.15, 0.2) is 12.1 Å². The number of nitrogens with two attached hydrogens (primary N) is 2. The van der Waals surface area contributed by atoms with Gasteiger partial charge in [0.25, 0.3) is 0 Å². The van der Waals surface area contributed by atoms with Gasteiger partial charge >= 0.3 is 11.9 Å². The molecule has 0 radical (unpaired) electrons. The maximum absolute atomic E-state index is 11.3. The Kier molecular flexibility index (Phi) is 6.32. The highest BCUT2D eigenvalue weighted by Crippen LogP contribution is 2.43. The number of phenols is 1. The van der Waals surface area contributed by atoms with Crippen LogP contribution in [0.1, 0.15) is 47.2 Å². The maximum Gasteiger partial charge on any atom is 0.315 e. The summed E-state index contributed by atoms with van der Waals surface area (Å²) in [7, 11) is 1.63. The van der Waals surface area contributed by atoms with E-state index in [0.717, 1.165) is 64.8 Å². The molecule has 4 aliphatic rings. The number of hydrogen-bond donors (Lipinski definition) is 3. The van der Waals surface area contributed by atoms with Crippen molar-refractivity contribution in [2.24, 2.45) is 11.5 Å². The zero-order chi connectivity index (χ0) is 23.9. The second-order valence-corrected chi connectivity index (χ2v) is 8.49. The minimum atomic E-state index is -0.297. The summed E-state index contributed by atoms with van der Waals surface area (Å²) < 4.78 is 15.4. The lowest BCUT2D eigenvalue weighted by Gasteiger charge is -2.10. The van der Waals surface area contributed by atoms with Gasteiger partial charge in [0, 0.05) is 29.3 Å². The van der Waals surface area contributed by atoms with Crippen LogP contribution < -0.4 is 25.7 Å². The van der Waals surface area contributed by atoms with Crippen LogP contribution in [0.4, 0.5) is 0 Å². The van der Waals surface area contributed by atoms with E-state index in [9.17, 15) is 14.7 Å². The fraction of sp³-hybridized carbons (Fsp3) is 0.440. The standard InChI is InChI=1S/C12H13NO3.C11H11NO3.C2H6/c1-15-10-5-11-9(4-12(14)16-11)7-2-6(13)3-8(7)10;12-6-1-5-2-9(13)11-8(7(5)3-6)4-10(14)15-11;1-2/h5-6H,2-4,13H2,1H3;2,6,13H,1,3-4,12H2;1-2H3. The fourth-order valence-corrected chi connectivity index (χ4v) is 5.06. The predicted molar refractivity (Wildman–Crippen MR) is 122 cm³/mol. The number of rotatable bonds is 1. The second kappa shape index (κ2) is 9.03. The molecule has 2 aromatic rings. The Balaban J connectivity index is 0.000000147. The van der Waals surface area contributed by atoms with Crippen molar-refractivity contribution in [2.75, 3.05) is 7.11 Å². The molecule has 0 saturated heterocycles. The van der Waals surface area contributed by atoms with Gasteiger partial charge in [0.05, 0.1) is 20.0 Å². The van der Waals surface area contributed by atoms with E-state index in [2.05, 4.69) is 0 Å². The zero-order valence-electron chi connectivity index (χ0n) is 19.2. The highest BCUT2D eigenvalue weighted by atomic mass is 16.5. The van der Waals surface area contributed by atoms with Gasteiger partial charge in [0.15, 0.2) is 11.5 Å². The Hall–Kier alpha value is -3.10. The van der Waals surface area contributed by atoms with E-state index in [0.29, 0.717) is 17.9 Å². The average molecular weight is 455 g/mol. The predicted octanol–water partition coefficient (Wildman–Crippen LogP) is 1.89. The van der Waals surface area contributed by atoms with Gasteiger partial charge in [-0.15, -0.1) is 0 Å². The first kappa shape index (κ1) is 23.1. The number of carbonyl (C=O) groups is 2. The van der Waals surface area contributed by atoms with Gasteiger partial charge in [-0.3, -0.25) is 9.59 Å². The number of methoxy groups -OCH3 is 1. The molecule has 0 saturated carbocycles. The molecular weight excluding hydrogens is 424 g/mol. The Morgan fingerprint density at radius 2 is 1.45 bits per heavy atom. The third-order valence-electron chi connectivity index (χ3n) is 6.34. The molecule has 5 N–H and O–H groups in total. The summed E-state index contributed by atoms with van der Waals surface area (Å²) in [5.41, 5.74) is 18.1. The number of esters is 2. The number of benzene rings is 2. The summed E-state index contributed by atoms with van der Waals surface area (Å²) in [4.78, 5) is 22.5. The number of carbonyl (C=O) groups excluding carboxylic acids is 2. The summed E-state index contributed by atoms with van der Waals surface area (Å²) in [6.07, 6.45) is 3.80. The largest absolute Gasteiger partial charge is 0.504 e. The Morgan fingerprint density at radius 1 is 0.848 bits per heavy atom. The van der Waals surface area contributed by atoms with Crippen LogP contribution >= 0.6 is 0 Å².